The van der Waals surface area contributed by atoms with Crippen LogP contribution in [0.3, 0.4) is 0 Å². The summed E-state index contributed by atoms with van der Waals surface area (Å²) in [6.07, 6.45) is 1.43. The summed E-state index contributed by atoms with van der Waals surface area (Å²) in [5, 5.41) is 4.68. The number of halogens is 2. The number of carbonyl (C=O) groups excluding carboxylic acids is 1. The number of ether oxygens (including phenoxy) is 2. The maximum absolute atomic E-state index is 11.8. The van der Waals surface area contributed by atoms with Crippen molar-refractivity contribution in [1.82, 2.24) is 5.43 Å². The smallest absolute Gasteiger partial charge is 0.277 e. The van der Waals surface area contributed by atoms with Gasteiger partial charge in [0, 0.05) is 24.2 Å². The molecular formula is C17H17Cl2N3O4. The molecule has 9 heteroatoms. The van der Waals surface area contributed by atoms with E-state index in [0.29, 0.717) is 34.8 Å². The average molecular weight is 398 g/mol. The molecule has 26 heavy (non-hydrogen) atoms. The van der Waals surface area contributed by atoms with Crippen molar-refractivity contribution in [2.45, 2.75) is 0 Å². The van der Waals surface area contributed by atoms with E-state index in [9.17, 15) is 4.79 Å². The van der Waals surface area contributed by atoms with Gasteiger partial charge in [0.2, 0.25) is 0 Å². The van der Waals surface area contributed by atoms with Crippen LogP contribution in [0.4, 0.5) is 5.88 Å². The third-order valence-corrected chi connectivity index (χ3v) is 4.10. The number of rotatable bonds is 6. The molecule has 1 aromatic carbocycles. The van der Waals surface area contributed by atoms with Gasteiger partial charge in [-0.3, -0.25) is 4.79 Å². The maximum atomic E-state index is 11.8. The standard InChI is InChI=1S/C17H17Cl2N3O4/c18-12-1-3-15(14(19)9-12)25-11-16(23)21-20-10-13-2-4-17(26-13)22-5-7-24-8-6-22/h1-4,9-10H,5-8,11H2,(H,21,23)/b20-10-. The lowest BCUT2D eigenvalue weighted by Crippen LogP contribution is -2.35. The van der Waals surface area contributed by atoms with E-state index in [2.05, 4.69) is 15.4 Å². The van der Waals surface area contributed by atoms with E-state index >= 15 is 0 Å². The summed E-state index contributed by atoms with van der Waals surface area (Å²) in [6, 6.07) is 8.40. The fourth-order valence-electron chi connectivity index (χ4n) is 2.30. The van der Waals surface area contributed by atoms with Crippen LogP contribution in [-0.2, 0) is 9.53 Å². The fraction of sp³-hybridized carbons (Fsp3) is 0.294. The van der Waals surface area contributed by atoms with Crippen LogP contribution in [0.25, 0.3) is 0 Å². The zero-order chi connectivity index (χ0) is 18.4. The summed E-state index contributed by atoms with van der Waals surface area (Å²) in [6.45, 7) is 2.70. The highest BCUT2D eigenvalue weighted by molar-refractivity contribution is 6.35. The quantitative estimate of drug-likeness (QED) is 0.598. The number of furan rings is 1. The van der Waals surface area contributed by atoms with Crippen molar-refractivity contribution in [3.8, 4) is 5.75 Å². The zero-order valence-electron chi connectivity index (χ0n) is 13.8. The molecule has 0 aliphatic carbocycles. The lowest BCUT2D eigenvalue weighted by molar-refractivity contribution is -0.123. The van der Waals surface area contributed by atoms with Crippen LogP contribution in [0.2, 0.25) is 10.0 Å². The van der Waals surface area contributed by atoms with Crippen molar-refractivity contribution in [2.75, 3.05) is 37.8 Å². The predicted molar refractivity (Wildman–Crippen MR) is 99.4 cm³/mol. The summed E-state index contributed by atoms with van der Waals surface area (Å²) in [5.74, 6) is 1.24. The Labute approximate surface area is 160 Å². The molecule has 1 aliphatic rings. The van der Waals surface area contributed by atoms with Gasteiger partial charge in [-0.1, -0.05) is 23.2 Å². The molecule has 1 amide bonds. The topological polar surface area (TPSA) is 76.3 Å². The van der Waals surface area contributed by atoms with E-state index in [1.165, 1.54) is 12.3 Å². The lowest BCUT2D eigenvalue weighted by atomic mass is 10.3. The first-order chi connectivity index (χ1) is 12.6. The molecule has 0 bridgehead atoms. The van der Waals surface area contributed by atoms with Crippen molar-refractivity contribution in [3.05, 3.63) is 46.1 Å². The molecule has 0 radical (unpaired) electrons. The van der Waals surface area contributed by atoms with Gasteiger partial charge in [0.15, 0.2) is 12.5 Å². The molecule has 3 rings (SSSR count). The van der Waals surface area contributed by atoms with Crippen molar-refractivity contribution >= 4 is 41.2 Å². The monoisotopic (exact) mass is 397 g/mol. The number of benzene rings is 1. The Kier molecular flexibility index (Phi) is 6.38. The van der Waals surface area contributed by atoms with Gasteiger partial charge < -0.3 is 18.8 Å². The van der Waals surface area contributed by atoms with Gasteiger partial charge in [-0.15, -0.1) is 0 Å². The Bertz CT molecular complexity index is 788. The number of carbonyl (C=O) groups is 1. The maximum Gasteiger partial charge on any atom is 0.277 e. The molecule has 138 valence electrons. The first-order valence-corrected chi connectivity index (χ1v) is 8.70. The molecule has 1 aliphatic heterocycles. The molecule has 0 atom stereocenters. The zero-order valence-corrected chi connectivity index (χ0v) is 15.3. The minimum atomic E-state index is -0.424. The molecule has 1 saturated heterocycles. The summed E-state index contributed by atoms with van der Waals surface area (Å²) in [7, 11) is 0. The molecule has 1 fully saturated rings. The molecule has 0 saturated carbocycles. The van der Waals surface area contributed by atoms with Crippen molar-refractivity contribution in [2.24, 2.45) is 5.10 Å². The van der Waals surface area contributed by atoms with Crippen molar-refractivity contribution in [1.29, 1.82) is 0 Å². The second-order valence-corrected chi connectivity index (χ2v) is 6.28. The predicted octanol–water partition coefficient (Wildman–Crippen LogP) is 2.95. The Morgan fingerprint density at radius 3 is 2.85 bits per heavy atom. The first kappa shape index (κ1) is 18.6. The molecule has 0 spiro atoms. The normalized spacial score (nSPS) is 14.6. The minimum absolute atomic E-state index is 0.226. The first-order valence-electron chi connectivity index (χ1n) is 7.94. The van der Waals surface area contributed by atoms with Crippen molar-refractivity contribution < 1.29 is 18.7 Å². The Hall–Kier alpha value is -2.22. The average Bonchev–Trinajstić information content (AvgIpc) is 3.11. The number of morpholine rings is 1. The number of anilines is 1. The number of hydrazone groups is 1. The largest absolute Gasteiger partial charge is 0.482 e. The summed E-state index contributed by atoms with van der Waals surface area (Å²) in [4.78, 5) is 13.9. The van der Waals surface area contributed by atoms with Crippen LogP contribution >= 0.6 is 23.2 Å². The van der Waals surface area contributed by atoms with Gasteiger partial charge in [-0.2, -0.15) is 5.10 Å². The van der Waals surface area contributed by atoms with E-state index in [0.717, 1.165) is 19.0 Å². The lowest BCUT2D eigenvalue weighted by Gasteiger charge is -2.26. The van der Waals surface area contributed by atoms with Crippen LogP contribution in [0, 0.1) is 0 Å². The highest BCUT2D eigenvalue weighted by Crippen LogP contribution is 2.27. The van der Waals surface area contributed by atoms with Crippen LogP contribution in [0.5, 0.6) is 5.75 Å². The van der Waals surface area contributed by atoms with Crippen LogP contribution in [0.15, 0.2) is 39.9 Å². The number of hydrogen-bond donors (Lipinski definition) is 1. The van der Waals surface area contributed by atoms with Crippen molar-refractivity contribution in [3.63, 3.8) is 0 Å². The van der Waals surface area contributed by atoms with Gasteiger partial charge in [0.25, 0.3) is 5.91 Å². The van der Waals surface area contributed by atoms with E-state index in [4.69, 9.17) is 37.1 Å². The van der Waals surface area contributed by atoms with E-state index in [-0.39, 0.29) is 6.61 Å². The van der Waals surface area contributed by atoms with Gasteiger partial charge in [-0.25, -0.2) is 5.43 Å². The second kappa shape index (κ2) is 8.93. The third kappa shape index (κ3) is 5.14. The molecule has 1 N–H and O–H groups in total. The summed E-state index contributed by atoms with van der Waals surface area (Å²) < 4.78 is 16.3. The third-order valence-electron chi connectivity index (χ3n) is 3.57. The second-order valence-electron chi connectivity index (χ2n) is 5.43. The Morgan fingerprint density at radius 2 is 2.08 bits per heavy atom. The molecule has 2 heterocycles. The molecule has 1 aromatic heterocycles. The van der Waals surface area contributed by atoms with Crippen LogP contribution < -0.4 is 15.1 Å². The molecule has 0 unspecified atom stereocenters. The van der Waals surface area contributed by atoms with Gasteiger partial charge >= 0.3 is 0 Å². The Morgan fingerprint density at radius 1 is 1.27 bits per heavy atom. The highest BCUT2D eigenvalue weighted by Gasteiger charge is 2.14. The number of amides is 1. The number of nitrogens with zero attached hydrogens (tertiary/aromatic N) is 2. The van der Waals surface area contributed by atoms with Gasteiger partial charge in [-0.05, 0) is 24.3 Å². The Balaban J connectivity index is 1.46. The van der Waals surface area contributed by atoms with E-state index in [1.54, 1.807) is 18.2 Å². The molecule has 7 nitrogen and oxygen atoms in total. The van der Waals surface area contributed by atoms with Crippen LogP contribution in [0.1, 0.15) is 5.76 Å². The number of hydrogen-bond acceptors (Lipinski definition) is 6. The molecule has 2 aromatic rings. The fourth-order valence-corrected chi connectivity index (χ4v) is 2.76. The number of nitrogens with one attached hydrogen (secondary N) is 1. The summed E-state index contributed by atoms with van der Waals surface area (Å²) >= 11 is 11.8. The SMILES string of the molecule is O=C(COc1ccc(Cl)cc1Cl)N/N=C\c1ccc(N2CCOCC2)o1. The van der Waals surface area contributed by atoms with Crippen LogP contribution in [-0.4, -0.2) is 45.0 Å². The minimum Gasteiger partial charge on any atom is -0.482 e. The highest BCUT2D eigenvalue weighted by atomic mass is 35.5. The van der Waals surface area contributed by atoms with E-state index < -0.39 is 5.91 Å². The van der Waals surface area contributed by atoms with E-state index in [1.807, 2.05) is 6.07 Å². The summed E-state index contributed by atoms with van der Waals surface area (Å²) in [5.41, 5.74) is 2.36. The molecular weight excluding hydrogens is 381 g/mol. The van der Waals surface area contributed by atoms with Gasteiger partial charge in [0.05, 0.1) is 24.5 Å². The van der Waals surface area contributed by atoms with Gasteiger partial charge in [0.1, 0.15) is 11.5 Å².